The molecule has 0 aliphatic heterocycles. The molecule has 0 radical (unpaired) electrons. The highest BCUT2D eigenvalue weighted by Gasteiger charge is 2.41. The van der Waals surface area contributed by atoms with Crippen LogP contribution < -0.4 is 5.73 Å². The zero-order valence-electron chi connectivity index (χ0n) is 12.7. The van der Waals surface area contributed by atoms with Gasteiger partial charge < -0.3 is 15.4 Å². The van der Waals surface area contributed by atoms with E-state index in [1.165, 1.54) is 0 Å². The van der Waals surface area contributed by atoms with Gasteiger partial charge >= 0.3 is 0 Å². The summed E-state index contributed by atoms with van der Waals surface area (Å²) in [5.74, 6) is 0.0309. The molecule has 0 fully saturated rings. The Morgan fingerprint density at radius 2 is 1.79 bits per heavy atom. The van der Waals surface area contributed by atoms with E-state index in [0.29, 0.717) is 37.6 Å². The Morgan fingerprint density at radius 3 is 2.16 bits per heavy atom. The summed E-state index contributed by atoms with van der Waals surface area (Å²) in [7, 11) is 1.79. The number of carbonyl (C=O) groups is 1. The maximum atomic E-state index is 12.7. The highest BCUT2D eigenvalue weighted by Crippen LogP contribution is 2.32. The number of carbonyl (C=O) groups excluding carboxylic acids is 1. The van der Waals surface area contributed by atoms with Crippen LogP contribution in [0.25, 0.3) is 0 Å². The fraction of sp³-hybridized carbons (Fsp3) is 0.857. The van der Waals surface area contributed by atoms with Crippen LogP contribution in [0.3, 0.4) is 0 Å². The van der Waals surface area contributed by atoms with Gasteiger partial charge in [0.1, 0.15) is 0 Å². The highest BCUT2D eigenvalue weighted by atomic mass is 32.1. The van der Waals surface area contributed by atoms with Crippen LogP contribution in [0.4, 0.5) is 0 Å². The van der Waals surface area contributed by atoms with Crippen molar-refractivity contribution in [2.45, 2.75) is 46.5 Å². The molecule has 0 atom stereocenters. The van der Waals surface area contributed by atoms with E-state index in [1.54, 1.807) is 11.9 Å². The van der Waals surface area contributed by atoms with Crippen molar-refractivity contribution >= 4 is 23.1 Å². The number of nitrogens with two attached hydrogens (primary N) is 1. The zero-order chi connectivity index (χ0) is 14.9. The van der Waals surface area contributed by atoms with Gasteiger partial charge in [0.15, 0.2) is 0 Å². The van der Waals surface area contributed by atoms with Gasteiger partial charge in [0, 0.05) is 20.2 Å². The normalized spacial score (nSPS) is 11.4. The van der Waals surface area contributed by atoms with Gasteiger partial charge in [0.25, 0.3) is 0 Å². The molecule has 0 saturated heterocycles. The van der Waals surface area contributed by atoms with E-state index < -0.39 is 5.41 Å². The number of likely N-dealkylation sites (N-methyl/N-ethyl adjacent to an activating group) is 1. The first-order valence-electron chi connectivity index (χ1n) is 7.09. The van der Waals surface area contributed by atoms with Gasteiger partial charge in [-0.2, -0.15) is 0 Å². The maximum Gasteiger partial charge on any atom is 0.235 e. The highest BCUT2D eigenvalue weighted by molar-refractivity contribution is 7.80. The standard InChI is InChI=1S/C14H28N2O2S/c1-5-8-14(9-6-2,12(15)19)13(17)16(4)10-11-18-7-3/h5-11H2,1-4H3,(H2,15,19). The fourth-order valence-electron chi connectivity index (χ4n) is 2.36. The Labute approximate surface area is 122 Å². The second-order valence-corrected chi connectivity index (χ2v) is 5.31. The van der Waals surface area contributed by atoms with E-state index in [0.717, 1.165) is 12.8 Å². The minimum Gasteiger partial charge on any atom is -0.392 e. The van der Waals surface area contributed by atoms with Crippen molar-refractivity contribution in [3.05, 3.63) is 0 Å². The smallest absolute Gasteiger partial charge is 0.235 e. The number of hydrogen-bond acceptors (Lipinski definition) is 3. The molecule has 0 saturated carbocycles. The van der Waals surface area contributed by atoms with Crippen molar-refractivity contribution in [3.63, 3.8) is 0 Å². The first-order valence-corrected chi connectivity index (χ1v) is 7.50. The van der Waals surface area contributed by atoms with E-state index in [1.807, 2.05) is 6.92 Å². The monoisotopic (exact) mass is 288 g/mol. The van der Waals surface area contributed by atoms with Crippen LogP contribution in [0, 0.1) is 5.41 Å². The van der Waals surface area contributed by atoms with Gasteiger partial charge in [0.2, 0.25) is 5.91 Å². The molecule has 0 aliphatic rings. The van der Waals surface area contributed by atoms with Gasteiger partial charge in [-0.1, -0.05) is 38.9 Å². The summed E-state index contributed by atoms with van der Waals surface area (Å²) in [6.45, 7) is 7.82. The van der Waals surface area contributed by atoms with E-state index in [-0.39, 0.29) is 5.91 Å². The third-order valence-electron chi connectivity index (χ3n) is 3.36. The van der Waals surface area contributed by atoms with Gasteiger partial charge in [-0.15, -0.1) is 0 Å². The quantitative estimate of drug-likeness (QED) is 0.495. The number of ether oxygens (including phenoxy) is 1. The summed E-state index contributed by atoms with van der Waals surface area (Å²) in [4.78, 5) is 14.7. The molecule has 4 nitrogen and oxygen atoms in total. The first kappa shape index (κ1) is 18.3. The Bertz CT molecular complexity index is 289. The van der Waals surface area contributed by atoms with Crippen LogP contribution in [0.2, 0.25) is 0 Å². The molecule has 1 amide bonds. The van der Waals surface area contributed by atoms with Crippen LogP contribution in [0.1, 0.15) is 46.5 Å². The maximum absolute atomic E-state index is 12.7. The van der Waals surface area contributed by atoms with Crippen LogP contribution in [0.15, 0.2) is 0 Å². The molecule has 0 aromatic rings. The number of thiocarbonyl (C=S) groups is 1. The van der Waals surface area contributed by atoms with E-state index in [9.17, 15) is 4.79 Å². The third kappa shape index (κ3) is 5.07. The Balaban J connectivity index is 4.91. The molecule has 2 N–H and O–H groups in total. The zero-order valence-corrected chi connectivity index (χ0v) is 13.5. The predicted molar refractivity (Wildman–Crippen MR) is 83.2 cm³/mol. The largest absolute Gasteiger partial charge is 0.392 e. The van der Waals surface area contributed by atoms with Gasteiger partial charge in [-0.05, 0) is 19.8 Å². The van der Waals surface area contributed by atoms with Gasteiger partial charge in [-0.25, -0.2) is 0 Å². The third-order valence-corrected chi connectivity index (χ3v) is 3.75. The van der Waals surface area contributed by atoms with Gasteiger partial charge in [-0.3, -0.25) is 4.79 Å². The van der Waals surface area contributed by atoms with Crippen molar-refractivity contribution in [2.75, 3.05) is 26.8 Å². The lowest BCUT2D eigenvalue weighted by molar-refractivity contribution is -0.138. The second-order valence-electron chi connectivity index (χ2n) is 4.87. The van der Waals surface area contributed by atoms with Crippen molar-refractivity contribution in [2.24, 2.45) is 11.1 Å². The SMILES string of the molecule is CCCC(CCC)(C(=O)N(C)CCOCC)C(N)=S. The summed E-state index contributed by atoms with van der Waals surface area (Å²) >= 11 is 5.19. The lowest BCUT2D eigenvalue weighted by Crippen LogP contribution is -2.50. The first-order chi connectivity index (χ1) is 8.96. The molecule has 0 aromatic heterocycles. The molecule has 5 heteroatoms. The average Bonchev–Trinajstić information content (AvgIpc) is 2.37. The summed E-state index contributed by atoms with van der Waals surface area (Å²) in [5.41, 5.74) is 5.21. The number of rotatable bonds is 10. The number of hydrogen-bond donors (Lipinski definition) is 1. The van der Waals surface area contributed by atoms with E-state index >= 15 is 0 Å². The van der Waals surface area contributed by atoms with Crippen molar-refractivity contribution in [3.8, 4) is 0 Å². The molecular weight excluding hydrogens is 260 g/mol. The molecule has 112 valence electrons. The molecule has 0 spiro atoms. The summed E-state index contributed by atoms with van der Waals surface area (Å²) in [6, 6.07) is 0. The Kier molecular flexibility index (Phi) is 8.93. The average molecular weight is 288 g/mol. The fourth-order valence-corrected chi connectivity index (χ4v) is 2.65. The molecule has 0 bridgehead atoms. The lowest BCUT2D eigenvalue weighted by Gasteiger charge is -2.35. The van der Waals surface area contributed by atoms with Crippen molar-refractivity contribution < 1.29 is 9.53 Å². The lowest BCUT2D eigenvalue weighted by atomic mass is 9.77. The molecule has 0 rings (SSSR count). The molecular formula is C14H28N2O2S. The summed E-state index contributed by atoms with van der Waals surface area (Å²) < 4.78 is 5.29. The molecule has 19 heavy (non-hydrogen) atoms. The minimum absolute atomic E-state index is 0.0309. The summed E-state index contributed by atoms with van der Waals surface area (Å²) in [6.07, 6.45) is 3.22. The van der Waals surface area contributed by atoms with Gasteiger partial charge in [0.05, 0.1) is 17.0 Å². The molecule has 0 aliphatic carbocycles. The van der Waals surface area contributed by atoms with Crippen LogP contribution in [-0.4, -0.2) is 42.6 Å². The van der Waals surface area contributed by atoms with Crippen LogP contribution in [-0.2, 0) is 9.53 Å². The molecule has 0 unspecified atom stereocenters. The Morgan fingerprint density at radius 1 is 1.26 bits per heavy atom. The second kappa shape index (κ2) is 9.26. The minimum atomic E-state index is -0.681. The molecule has 0 heterocycles. The van der Waals surface area contributed by atoms with Crippen LogP contribution in [0.5, 0.6) is 0 Å². The number of amides is 1. The topological polar surface area (TPSA) is 55.6 Å². The van der Waals surface area contributed by atoms with Crippen molar-refractivity contribution in [1.29, 1.82) is 0 Å². The van der Waals surface area contributed by atoms with Crippen molar-refractivity contribution in [1.82, 2.24) is 4.90 Å². The predicted octanol–water partition coefficient (Wildman–Crippen LogP) is 2.35. The number of nitrogens with zero attached hydrogens (tertiary/aromatic N) is 1. The Hall–Kier alpha value is -0.680. The van der Waals surface area contributed by atoms with E-state index in [2.05, 4.69) is 13.8 Å². The molecule has 0 aromatic carbocycles. The van der Waals surface area contributed by atoms with Crippen LogP contribution >= 0.6 is 12.2 Å². The summed E-state index contributed by atoms with van der Waals surface area (Å²) in [5, 5.41) is 0. The van der Waals surface area contributed by atoms with E-state index in [4.69, 9.17) is 22.7 Å².